The molecular weight excluding hydrogens is 251 g/mol. The monoisotopic (exact) mass is 278 g/mol. The predicted octanol–water partition coefficient (Wildman–Crippen LogP) is 3.66. The Bertz CT molecular complexity index is 429. The van der Waals surface area contributed by atoms with Crippen LogP contribution in [0.1, 0.15) is 49.8 Å². The third kappa shape index (κ3) is 3.80. The highest BCUT2D eigenvalue weighted by Gasteiger charge is 2.22. The van der Waals surface area contributed by atoms with Crippen LogP contribution in [0.3, 0.4) is 0 Å². The molecular formula is C17H27FN2. The molecule has 0 amide bonds. The second-order valence-corrected chi connectivity index (χ2v) is 5.97. The van der Waals surface area contributed by atoms with Crippen LogP contribution < -0.4 is 5.32 Å². The maximum Gasteiger partial charge on any atom is 0.126 e. The third-order valence-electron chi connectivity index (χ3n) is 4.52. The Morgan fingerprint density at radius 3 is 2.70 bits per heavy atom. The van der Waals surface area contributed by atoms with Gasteiger partial charge in [-0.15, -0.1) is 0 Å². The molecule has 0 saturated heterocycles. The van der Waals surface area contributed by atoms with Gasteiger partial charge in [-0.2, -0.15) is 0 Å². The first kappa shape index (κ1) is 15.5. The normalized spacial score (nSPS) is 17.2. The summed E-state index contributed by atoms with van der Waals surface area (Å²) in [6.07, 6.45) is 5.07. The third-order valence-corrected chi connectivity index (χ3v) is 4.52. The zero-order valence-electron chi connectivity index (χ0n) is 13.0. The fourth-order valence-electron chi connectivity index (χ4n) is 2.80. The standard InChI is InChI=1S/C17H27FN2/c1-4-19-17(10-11-20(3)15-6-5-7-15)14-9-8-13(2)16(18)12-14/h8-9,12,15,17,19H,4-7,10-11H2,1-3H3. The number of aryl methyl sites for hydroxylation is 1. The Kier molecular flexibility index (Phi) is 5.55. The molecule has 1 N–H and O–H groups in total. The smallest absolute Gasteiger partial charge is 0.126 e. The van der Waals surface area contributed by atoms with E-state index in [1.165, 1.54) is 19.3 Å². The van der Waals surface area contributed by atoms with Gasteiger partial charge < -0.3 is 10.2 Å². The van der Waals surface area contributed by atoms with Crippen LogP contribution in [0.15, 0.2) is 18.2 Å². The molecule has 20 heavy (non-hydrogen) atoms. The van der Waals surface area contributed by atoms with Gasteiger partial charge in [-0.1, -0.05) is 25.5 Å². The molecule has 1 unspecified atom stereocenters. The summed E-state index contributed by atoms with van der Waals surface area (Å²) in [5.41, 5.74) is 1.78. The minimum atomic E-state index is -0.0993. The topological polar surface area (TPSA) is 15.3 Å². The molecule has 1 aliphatic rings. The van der Waals surface area contributed by atoms with E-state index in [0.717, 1.165) is 36.7 Å². The molecule has 1 aliphatic carbocycles. The largest absolute Gasteiger partial charge is 0.310 e. The minimum Gasteiger partial charge on any atom is -0.310 e. The van der Waals surface area contributed by atoms with Gasteiger partial charge in [-0.25, -0.2) is 4.39 Å². The second kappa shape index (κ2) is 7.19. The molecule has 0 heterocycles. The first-order valence-corrected chi connectivity index (χ1v) is 7.81. The van der Waals surface area contributed by atoms with Gasteiger partial charge in [0.2, 0.25) is 0 Å². The molecule has 1 aromatic rings. The number of halogens is 1. The van der Waals surface area contributed by atoms with Crippen molar-refractivity contribution < 1.29 is 4.39 Å². The van der Waals surface area contributed by atoms with E-state index in [1.54, 1.807) is 6.07 Å². The van der Waals surface area contributed by atoms with E-state index < -0.39 is 0 Å². The lowest BCUT2D eigenvalue weighted by atomic mass is 9.91. The number of hydrogen-bond donors (Lipinski definition) is 1. The molecule has 0 radical (unpaired) electrons. The van der Waals surface area contributed by atoms with Gasteiger partial charge in [0.05, 0.1) is 0 Å². The molecule has 112 valence electrons. The Labute approximate surface area is 122 Å². The van der Waals surface area contributed by atoms with E-state index in [2.05, 4.69) is 30.3 Å². The molecule has 1 saturated carbocycles. The van der Waals surface area contributed by atoms with Crippen LogP contribution >= 0.6 is 0 Å². The predicted molar refractivity (Wildman–Crippen MR) is 82.4 cm³/mol. The molecule has 0 bridgehead atoms. The van der Waals surface area contributed by atoms with Crippen molar-refractivity contribution in [2.24, 2.45) is 0 Å². The Balaban J connectivity index is 1.96. The van der Waals surface area contributed by atoms with Crippen LogP contribution in [0, 0.1) is 12.7 Å². The number of rotatable bonds is 7. The number of hydrogen-bond acceptors (Lipinski definition) is 2. The van der Waals surface area contributed by atoms with Crippen molar-refractivity contribution in [1.82, 2.24) is 10.2 Å². The SMILES string of the molecule is CCNC(CCN(C)C1CCC1)c1ccc(C)c(F)c1. The van der Waals surface area contributed by atoms with Crippen molar-refractivity contribution in [1.29, 1.82) is 0 Å². The summed E-state index contributed by atoms with van der Waals surface area (Å²) in [5, 5.41) is 3.48. The van der Waals surface area contributed by atoms with Crippen LogP contribution in [0.2, 0.25) is 0 Å². The first-order chi connectivity index (χ1) is 9.61. The van der Waals surface area contributed by atoms with Gasteiger partial charge >= 0.3 is 0 Å². The summed E-state index contributed by atoms with van der Waals surface area (Å²) >= 11 is 0. The van der Waals surface area contributed by atoms with Gasteiger partial charge in [0.15, 0.2) is 0 Å². The van der Waals surface area contributed by atoms with Crippen LogP contribution in [-0.4, -0.2) is 31.1 Å². The fourth-order valence-corrected chi connectivity index (χ4v) is 2.80. The van der Waals surface area contributed by atoms with Crippen molar-refractivity contribution in [3.8, 4) is 0 Å². The highest BCUT2D eigenvalue weighted by Crippen LogP contribution is 2.25. The molecule has 0 spiro atoms. The van der Waals surface area contributed by atoms with Crippen molar-refractivity contribution in [3.05, 3.63) is 35.1 Å². The lowest BCUT2D eigenvalue weighted by Gasteiger charge is -2.35. The highest BCUT2D eigenvalue weighted by atomic mass is 19.1. The van der Waals surface area contributed by atoms with Crippen molar-refractivity contribution in [2.75, 3.05) is 20.1 Å². The van der Waals surface area contributed by atoms with Gasteiger partial charge in [-0.05, 0) is 63.5 Å². The van der Waals surface area contributed by atoms with Gasteiger partial charge in [0, 0.05) is 12.1 Å². The molecule has 1 atom stereocenters. The molecule has 0 aliphatic heterocycles. The number of benzene rings is 1. The zero-order chi connectivity index (χ0) is 14.5. The molecule has 1 fully saturated rings. The maximum absolute atomic E-state index is 13.7. The van der Waals surface area contributed by atoms with E-state index in [4.69, 9.17) is 0 Å². The number of nitrogens with one attached hydrogen (secondary N) is 1. The van der Waals surface area contributed by atoms with Crippen LogP contribution in [0.5, 0.6) is 0 Å². The van der Waals surface area contributed by atoms with Crippen molar-refractivity contribution in [2.45, 2.75) is 51.6 Å². The average molecular weight is 278 g/mol. The second-order valence-electron chi connectivity index (χ2n) is 5.97. The zero-order valence-corrected chi connectivity index (χ0v) is 13.0. The first-order valence-electron chi connectivity index (χ1n) is 7.81. The molecule has 2 nitrogen and oxygen atoms in total. The summed E-state index contributed by atoms with van der Waals surface area (Å²) in [6.45, 7) is 5.89. The van der Waals surface area contributed by atoms with Crippen LogP contribution in [0.25, 0.3) is 0 Å². The molecule has 2 rings (SSSR count). The van der Waals surface area contributed by atoms with Crippen LogP contribution in [-0.2, 0) is 0 Å². The Morgan fingerprint density at radius 2 is 2.15 bits per heavy atom. The lowest BCUT2D eigenvalue weighted by Crippen LogP contribution is -2.39. The minimum absolute atomic E-state index is 0.0993. The van der Waals surface area contributed by atoms with Crippen molar-refractivity contribution in [3.63, 3.8) is 0 Å². The number of nitrogens with zero attached hydrogens (tertiary/aromatic N) is 1. The van der Waals surface area contributed by atoms with E-state index >= 15 is 0 Å². The summed E-state index contributed by atoms with van der Waals surface area (Å²) in [5.74, 6) is -0.0993. The van der Waals surface area contributed by atoms with Gasteiger partial charge in [0.25, 0.3) is 0 Å². The van der Waals surface area contributed by atoms with Crippen molar-refractivity contribution >= 4 is 0 Å². The summed E-state index contributed by atoms with van der Waals surface area (Å²) in [6, 6.07) is 6.64. The molecule has 3 heteroatoms. The fraction of sp³-hybridized carbons (Fsp3) is 0.647. The van der Waals surface area contributed by atoms with E-state index in [1.807, 2.05) is 13.0 Å². The summed E-state index contributed by atoms with van der Waals surface area (Å²) in [7, 11) is 2.21. The summed E-state index contributed by atoms with van der Waals surface area (Å²) in [4.78, 5) is 2.46. The molecule has 0 aromatic heterocycles. The van der Waals surface area contributed by atoms with Gasteiger partial charge in [0.1, 0.15) is 5.82 Å². The van der Waals surface area contributed by atoms with Crippen LogP contribution in [0.4, 0.5) is 4.39 Å². The maximum atomic E-state index is 13.7. The lowest BCUT2D eigenvalue weighted by molar-refractivity contribution is 0.153. The Morgan fingerprint density at radius 1 is 1.40 bits per heavy atom. The van der Waals surface area contributed by atoms with Gasteiger partial charge in [-0.3, -0.25) is 0 Å². The highest BCUT2D eigenvalue weighted by molar-refractivity contribution is 5.25. The Hall–Kier alpha value is -0.930. The van der Waals surface area contributed by atoms with E-state index in [9.17, 15) is 4.39 Å². The summed E-state index contributed by atoms with van der Waals surface area (Å²) < 4.78 is 13.7. The molecule has 1 aromatic carbocycles. The average Bonchev–Trinajstić information content (AvgIpc) is 2.36. The van der Waals surface area contributed by atoms with E-state index in [0.29, 0.717) is 0 Å². The quantitative estimate of drug-likeness (QED) is 0.819. The van der Waals surface area contributed by atoms with E-state index in [-0.39, 0.29) is 11.9 Å².